The van der Waals surface area contributed by atoms with E-state index in [-0.39, 0.29) is 0 Å². The molecule has 0 saturated heterocycles. The van der Waals surface area contributed by atoms with Crippen molar-refractivity contribution in [3.05, 3.63) is 49.1 Å². The van der Waals surface area contributed by atoms with E-state index < -0.39 is 0 Å². The first-order valence-corrected chi connectivity index (χ1v) is 7.40. The summed E-state index contributed by atoms with van der Waals surface area (Å²) >= 11 is 0. The molecule has 0 bridgehead atoms. The van der Waals surface area contributed by atoms with Gasteiger partial charge in [-0.2, -0.15) is 0 Å². The van der Waals surface area contributed by atoms with Crippen LogP contribution in [0.4, 0.5) is 0 Å². The van der Waals surface area contributed by atoms with Crippen LogP contribution in [0.1, 0.15) is 0 Å². The lowest BCUT2D eigenvalue weighted by Crippen LogP contribution is -2.13. The summed E-state index contributed by atoms with van der Waals surface area (Å²) in [6.45, 7) is 5.69. The highest BCUT2D eigenvalue weighted by Crippen LogP contribution is 1.91. The molecule has 0 aliphatic heterocycles. The zero-order valence-electron chi connectivity index (χ0n) is 12.4. The Kier molecular flexibility index (Phi) is 7.69. The van der Waals surface area contributed by atoms with Crippen molar-refractivity contribution in [2.45, 2.75) is 13.1 Å². The molecular weight excluding hydrogens is 268 g/mol. The Hall–Kier alpha value is -1.56. The van der Waals surface area contributed by atoms with E-state index in [4.69, 9.17) is 14.2 Å². The topological polar surface area (TPSA) is 37.6 Å². The quantitative estimate of drug-likeness (QED) is 0.562. The van der Waals surface area contributed by atoms with Gasteiger partial charge in [0.05, 0.1) is 39.6 Å². The van der Waals surface area contributed by atoms with E-state index in [1.54, 1.807) is 0 Å². The number of hydrogen-bond donors (Lipinski definition) is 0. The first kappa shape index (κ1) is 15.8. The minimum absolute atomic E-state index is 0.618. The molecule has 116 valence electrons. The monoisotopic (exact) mass is 292 g/mol. The van der Waals surface area contributed by atoms with Crippen molar-refractivity contribution in [3.8, 4) is 0 Å². The molecule has 0 spiro atoms. The Labute approximate surface area is 126 Å². The summed E-state index contributed by atoms with van der Waals surface area (Å²) < 4.78 is 20.6. The molecule has 5 nitrogen and oxygen atoms in total. The lowest BCUT2D eigenvalue weighted by molar-refractivity contribution is 0.0119. The Morgan fingerprint density at radius 3 is 1.19 bits per heavy atom. The van der Waals surface area contributed by atoms with E-state index in [0.717, 1.165) is 13.1 Å². The summed E-state index contributed by atoms with van der Waals surface area (Å²) in [5, 5.41) is 0. The standard InChI is InChI=1S/C16H24N2O3/c1-2-6-17(5-1)9-11-19-13-15-21-16-14-20-12-10-18-7-3-4-8-18/h1-8H,9-16H2. The molecule has 5 heteroatoms. The van der Waals surface area contributed by atoms with Gasteiger partial charge in [-0.3, -0.25) is 0 Å². The highest BCUT2D eigenvalue weighted by atomic mass is 16.5. The van der Waals surface area contributed by atoms with Gasteiger partial charge in [0.2, 0.25) is 0 Å². The largest absolute Gasteiger partial charge is 0.377 e. The zero-order valence-corrected chi connectivity index (χ0v) is 12.4. The maximum atomic E-state index is 5.49. The molecular formula is C16H24N2O3. The van der Waals surface area contributed by atoms with Gasteiger partial charge in [-0.25, -0.2) is 0 Å². The smallest absolute Gasteiger partial charge is 0.0701 e. The van der Waals surface area contributed by atoms with Crippen LogP contribution in [0.2, 0.25) is 0 Å². The van der Waals surface area contributed by atoms with Crippen LogP contribution in [0.15, 0.2) is 49.1 Å². The van der Waals surface area contributed by atoms with E-state index in [9.17, 15) is 0 Å². The second-order valence-electron chi connectivity index (χ2n) is 4.68. The number of hydrogen-bond acceptors (Lipinski definition) is 3. The van der Waals surface area contributed by atoms with Crippen molar-refractivity contribution in [3.63, 3.8) is 0 Å². The molecule has 2 aromatic rings. The maximum absolute atomic E-state index is 5.49. The van der Waals surface area contributed by atoms with E-state index in [2.05, 4.69) is 9.13 Å². The Balaban J connectivity index is 1.31. The Morgan fingerprint density at radius 1 is 0.476 bits per heavy atom. The molecule has 2 heterocycles. The van der Waals surface area contributed by atoms with Gasteiger partial charge in [-0.15, -0.1) is 0 Å². The van der Waals surface area contributed by atoms with Crippen LogP contribution in [0.25, 0.3) is 0 Å². The van der Waals surface area contributed by atoms with Crippen molar-refractivity contribution in [2.24, 2.45) is 0 Å². The Bertz CT molecular complexity index is 398. The van der Waals surface area contributed by atoms with Crippen molar-refractivity contribution in [2.75, 3.05) is 39.6 Å². The van der Waals surface area contributed by atoms with Crippen molar-refractivity contribution >= 4 is 0 Å². The summed E-state index contributed by atoms with van der Waals surface area (Å²) in [6.07, 6.45) is 8.13. The zero-order chi connectivity index (χ0) is 14.6. The second-order valence-corrected chi connectivity index (χ2v) is 4.68. The van der Waals surface area contributed by atoms with Crippen LogP contribution < -0.4 is 0 Å². The molecule has 0 unspecified atom stereocenters. The van der Waals surface area contributed by atoms with Gasteiger partial charge in [0.1, 0.15) is 0 Å². The second kappa shape index (κ2) is 10.2. The van der Waals surface area contributed by atoms with Gasteiger partial charge < -0.3 is 23.3 Å². The maximum Gasteiger partial charge on any atom is 0.0701 e. The SMILES string of the molecule is c1ccn(CCOCCOCCOCCn2cccc2)c1. The lowest BCUT2D eigenvalue weighted by Gasteiger charge is -2.07. The van der Waals surface area contributed by atoms with Crippen molar-refractivity contribution in [1.82, 2.24) is 9.13 Å². The molecule has 2 rings (SSSR count). The number of aromatic nitrogens is 2. The fraction of sp³-hybridized carbons (Fsp3) is 0.500. The molecule has 0 aliphatic rings. The average molecular weight is 292 g/mol. The first-order chi connectivity index (χ1) is 10.4. The Morgan fingerprint density at radius 2 is 0.810 bits per heavy atom. The van der Waals surface area contributed by atoms with Crippen molar-refractivity contribution < 1.29 is 14.2 Å². The fourth-order valence-corrected chi connectivity index (χ4v) is 1.92. The minimum atomic E-state index is 0.618. The molecule has 0 aromatic carbocycles. The van der Waals surface area contributed by atoms with Crippen LogP contribution >= 0.6 is 0 Å². The fourth-order valence-electron chi connectivity index (χ4n) is 1.92. The predicted octanol–water partition coefficient (Wildman–Crippen LogP) is 2.04. The average Bonchev–Trinajstić information content (AvgIpc) is 3.18. The first-order valence-electron chi connectivity index (χ1n) is 7.40. The molecule has 0 amide bonds. The molecule has 0 aliphatic carbocycles. The number of nitrogens with zero attached hydrogens (tertiary/aromatic N) is 2. The van der Waals surface area contributed by atoms with Crippen LogP contribution in [0.5, 0.6) is 0 Å². The third-order valence-corrected chi connectivity index (χ3v) is 3.06. The molecule has 0 N–H and O–H groups in total. The van der Waals surface area contributed by atoms with E-state index in [1.807, 2.05) is 49.1 Å². The van der Waals surface area contributed by atoms with Gasteiger partial charge in [0, 0.05) is 37.9 Å². The number of rotatable bonds is 12. The van der Waals surface area contributed by atoms with Crippen molar-refractivity contribution in [1.29, 1.82) is 0 Å². The van der Waals surface area contributed by atoms with E-state index >= 15 is 0 Å². The predicted molar refractivity (Wildman–Crippen MR) is 81.3 cm³/mol. The molecule has 2 aromatic heterocycles. The van der Waals surface area contributed by atoms with Gasteiger partial charge >= 0.3 is 0 Å². The van der Waals surface area contributed by atoms with E-state index in [1.165, 1.54) is 0 Å². The molecule has 0 fully saturated rings. The van der Waals surface area contributed by atoms with Gasteiger partial charge in [0.15, 0.2) is 0 Å². The van der Waals surface area contributed by atoms with Crippen LogP contribution in [-0.4, -0.2) is 48.8 Å². The van der Waals surface area contributed by atoms with E-state index in [0.29, 0.717) is 39.6 Å². The third kappa shape index (κ3) is 7.13. The molecule has 21 heavy (non-hydrogen) atoms. The summed E-state index contributed by atoms with van der Waals surface area (Å²) in [5.74, 6) is 0. The third-order valence-electron chi connectivity index (χ3n) is 3.06. The summed E-state index contributed by atoms with van der Waals surface area (Å²) in [4.78, 5) is 0. The minimum Gasteiger partial charge on any atom is -0.377 e. The molecule has 0 radical (unpaired) electrons. The van der Waals surface area contributed by atoms with Crippen LogP contribution in [-0.2, 0) is 27.3 Å². The van der Waals surface area contributed by atoms with Crippen LogP contribution in [0, 0.1) is 0 Å². The highest BCUT2D eigenvalue weighted by Gasteiger charge is 1.93. The molecule has 0 atom stereocenters. The van der Waals surface area contributed by atoms with Gasteiger partial charge in [0.25, 0.3) is 0 Å². The van der Waals surface area contributed by atoms with Gasteiger partial charge in [-0.05, 0) is 24.3 Å². The van der Waals surface area contributed by atoms with Gasteiger partial charge in [-0.1, -0.05) is 0 Å². The van der Waals surface area contributed by atoms with Crippen LogP contribution in [0.3, 0.4) is 0 Å². The normalized spacial score (nSPS) is 11.0. The molecule has 0 saturated carbocycles. The summed E-state index contributed by atoms with van der Waals surface area (Å²) in [6, 6.07) is 8.05. The summed E-state index contributed by atoms with van der Waals surface area (Å²) in [7, 11) is 0. The lowest BCUT2D eigenvalue weighted by atomic mass is 10.6. The number of ether oxygens (including phenoxy) is 3. The summed E-state index contributed by atoms with van der Waals surface area (Å²) in [5.41, 5.74) is 0. The highest BCUT2D eigenvalue weighted by molar-refractivity contribution is 4.90.